The van der Waals surface area contributed by atoms with Crippen LogP contribution in [0.2, 0.25) is 10.0 Å². The predicted octanol–water partition coefficient (Wildman–Crippen LogP) is 4.90. The predicted molar refractivity (Wildman–Crippen MR) is 183 cm³/mol. The van der Waals surface area contributed by atoms with E-state index in [1.54, 1.807) is 22.9 Å². The highest BCUT2D eigenvalue weighted by Gasteiger charge is 2.34. The zero-order chi connectivity index (χ0) is 32.9. The molecule has 3 aromatic heterocycles. The molecule has 1 aromatic carbocycles. The molecular formula is C33H37Cl2N7O4. The van der Waals surface area contributed by atoms with E-state index >= 15 is 0 Å². The molecule has 46 heavy (non-hydrogen) atoms. The Kier molecular flexibility index (Phi) is 8.75. The summed E-state index contributed by atoms with van der Waals surface area (Å²) in [5.41, 5.74) is 0.948. The largest absolute Gasteiger partial charge is 0.477 e. The highest BCUT2D eigenvalue weighted by molar-refractivity contribution is 6.34. The number of rotatable bonds is 9. The maximum atomic E-state index is 13.4. The van der Waals surface area contributed by atoms with Gasteiger partial charge in [-0.1, -0.05) is 30.1 Å². The number of ether oxygens (including phenoxy) is 1. The number of aromatic carboxylic acids is 1. The topological polar surface area (TPSA) is 107 Å². The molecule has 2 aliphatic rings. The summed E-state index contributed by atoms with van der Waals surface area (Å²) in [7, 11) is 7.93. The number of anilines is 3. The van der Waals surface area contributed by atoms with Gasteiger partial charge in [0, 0.05) is 51.4 Å². The molecule has 2 unspecified atom stereocenters. The monoisotopic (exact) mass is 665 g/mol. The van der Waals surface area contributed by atoms with Gasteiger partial charge in [-0.3, -0.25) is 4.79 Å². The van der Waals surface area contributed by atoms with Crippen LogP contribution in [-0.4, -0.2) is 97.0 Å². The van der Waals surface area contributed by atoms with E-state index in [4.69, 9.17) is 27.9 Å². The van der Waals surface area contributed by atoms with Crippen molar-refractivity contribution in [1.29, 1.82) is 0 Å². The Morgan fingerprint density at radius 2 is 1.85 bits per heavy atom. The summed E-state index contributed by atoms with van der Waals surface area (Å²) in [6, 6.07) is 11.3. The molecule has 2 aliphatic heterocycles. The number of halogens is 2. The van der Waals surface area contributed by atoms with Gasteiger partial charge in [0.1, 0.15) is 28.8 Å². The van der Waals surface area contributed by atoms with Crippen LogP contribution in [0, 0.1) is 5.92 Å². The first-order chi connectivity index (χ1) is 21.9. The third-order valence-electron chi connectivity index (χ3n) is 9.07. The molecule has 0 radical (unpaired) electrons. The molecule has 0 bridgehead atoms. The first kappa shape index (κ1) is 31.9. The Balaban J connectivity index is 1.36. The first-order valence-corrected chi connectivity index (χ1v) is 15.9. The van der Waals surface area contributed by atoms with Gasteiger partial charge in [0.2, 0.25) is 11.3 Å². The van der Waals surface area contributed by atoms with E-state index in [1.165, 1.54) is 6.20 Å². The minimum atomic E-state index is -1.31. The number of pyridine rings is 3. The Morgan fingerprint density at radius 1 is 1.09 bits per heavy atom. The number of hydrogen-bond donors (Lipinski definition) is 1. The molecule has 11 nitrogen and oxygen atoms in total. The normalized spacial score (nSPS) is 18.3. The molecule has 2 fully saturated rings. The summed E-state index contributed by atoms with van der Waals surface area (Å²) in [5, 5.41) is 10.9. The fourth-order valence-corrected chi connectivity index (χ4v) is 6.52. The van der Waals surface area contributed by atoms with Crippen LogP contribution < -0.4 is 24.9 Å². The van der Waals surface area contributed by atoms with Crippen molar-refractivity contribution in [2.45, 2.75) is 25.4 Å². The SMILES string of the molecule is CC1CCN(c2cc3c(cc2Cl)c(=O)c(C(=O)O)cn3-c2ccc(N3CC(N(C)C)C3)nc2)C1COc1nc(N(C)C)ccc1Cl. The molecule has 6 rings (SSSR count). The van der Waals surface area contributed by atoms with Gasteiger partial charge < -0.3 is 34.0 Å². The number of benzene rings is 1. The van der Waals surface area contributed by atoms with Crippen LogP contribution in [-0.2, 0) is 0 Å². The maximum Gasteiger partial charge on any atom is 0.341 e. The summed E-state index contributed by atoms with van der Waals surface area (Å²) in [5.74, 6) is 0.894. The lowest BCUT2D eigenvalue weighted by atomic mass is 10.0. The van der Waals surface area contributed by atoms with E-state index in [1.807, 2.05) is 43.3 Å². The fraction of sp³-hybridized carbons (Fsp3) is 0.394. The second kappa shape index (κ2) is 12.6. The maximum absolute atomic E-state index is 13.4. The van der Waals surface area contributed by atoms with Crippen LogP contribution in [0.25, 0.3) is 16.6 Å². The molecule has 0 aliphatic carbocycles. The highest BCUT2D eigenvalue weighted by Crippen LogP contribution is 2.38. The third-order valence-corrected chi connectivity index (χ3v) is 9.66. The molecule has 242 valence electrons. The van der Waals surface area contributed by atoms with E-state index in [2.05, 4.69) is 45.7 Å². The summed E-state index contributed by atoms with van der Waals surface area (Å²) in [4.78, 5) is 43.2. The zero-order valence-corrected chi connectivity index (χ0v) is 28.0. The van der Waals surface area contributed by atoms with Gasteiger partial charge in [0.25, 0.3) is 0 Å². The lowest BCUT2D eigenvalue weighted by Gasteiger charge is -2.43. The Hall–Kier alpha value is -4.06. The number of fused-ring (bicyclic) bond motifs is 1. The summed E-state index contributed by atoms with van der Waals surface area (Å²) < 4.78 is 7.89. The van der Waals surface area contributed by atoms with Crippen molar-refractivity contribution >= 4 is 57.4 Å². The molecule has 0 spiro atoms. The van der Waals surface area contributed by atoms with Crippen LogP contribution in [0.5, 0.6) is 5.88 Å². The van der Waals surface area contributed by atoms with E-state index in [0.717, 1.165) is 43.4 Å². The molecule has 2 atom stereocenters. The fourth-order valence-electron chi connectivity index (χ4n) is 6.09. The van der Waals surface area contributed by atoms with Crippen molar-refractivity contribution in [2.24, 2.45) is 5.92 Å². The van der Waals surface area contributed by atoms with Crippen molar-refractivity contribution in [1.82, 2.24) is 19.4 Å². The minimum absolute atomic E-state index is 0.0576. The summed E-state index contributed by atoms with van der Waals surface area (Å²) >= 11 is 13.3. The van der Waals surface area contributed by atoms with Gasteiger partial charge in [-0.05, 0) is 62.8 Å². The number of carboxylic acid groups (broad SMARTS) is 1. The van der Waals surface area contributed by atoms with Crippen molar-refractivity contribution in [3.63, 3.8) is 0 Å². The molecule has 4 aromatic rings. The molecule has 5 heterocycles. The Morgan fingerprint density at radius 3 is 2.50 bits per heavy atom. The number of carbonyl (C=O) groups is 1. The van der Waals surface area contributed by atoms with Crippen molar-refractivity contribution in [3.8, 4) is 11.6 Å². The molecular weight excluding hydrogens is 629 g/mol. The minimum Gasteiger partial charge on any atom is -0.477 e. The van der Waals surface area contributed by atoms with Gasteiger partial charge >= 0.3 is 5.97 Å². The highest BCUT2D eigenvalue weighted by atomic mass is 35.5. The standard InChI is InChI=1S/C33H37Cl2N7O4/c1-19-10-11-41(28(19)18-46-32-24(34)7-9-30(37-32)39(4)5)27-13-26-22(12-25(27)35)31(43)23(33(44)45)17-42(26)20-6-8-29(36-14-20)40-15-21(16-40)38(2)3/h6-9,12-14,17,19,21,28H,10-11,15-16,18H2,1-5H3,(H,44,45). The molecule has 2 saturated heterocycles. The Labute approximate surface area is 277 Å². The van der Waals surface area contributed by atoms with E-state index < -0.39 is 11.4 Å². The van der Waals surface area contributed by atoms with Gasteiger partial charge in [-0.2, -0.15) is 4.98 Å². The van der Waals surface area contributed by atoms with Crippen LogP contribution in [0.3, 0.4) is 0 Å². The van der Waals surface area contributed by atoms with Crippen molar-refractivity contribution in [3.05, 3.63) is 74.6 Å². The zero-order valence-electron chi connectivity index (χ0n) is 26.4. The molecule has 0 saturated carbocycles. The molecule has 13 heteroatoms. The Bertz CT molecular complexity index is 1840. The average Bonchev–Trinajstić information content (AvgIpc) is 3.35. The summed E-state index contributed by atoms with van der Waals surface area (Å²) in [6.07, 6.45) is 3.98. The van der Waals surface area contributed by atoms with Gasteiger partial charge in [-0.15, -0.1) is 0 Å². The number of nitrogens with zero attached hydrogens (tertiary/aromatic N) is 7. The second-order valence-electron chi connectivity index (χ2n) is 12.5. The third kappa shape index (κ3) is 5.94. The van der Waals surface area contributed by atoms with Crippen LogP contribution in [0.15, 0.2) is 53.6 Å². The number of aromatic nitrogens is 3. The van der Waals surface area contributed by atoms with Gasteiger partial charge in [0.05, 0.1) is 34.2 Å². The quantitative estimate of drug-likeness (QED) is 0.265. The average molecular weight is 667 g/mol. The van der Waals surface area contributed by atoms with E-state index in [0.29, 0.717) is 39.8 Å². The van der Waals surface area contributed by atoms with Crippen molar-refractivity contribution < 1.29 is 14.6 Å². The lowest BCUT2D eigenvalue weighted by molar-refractivity contribution is 0.0695. The second-order valence-corrected chi connectivity index (χ2v) is 13.3. The van der Waals surface area contributed by atoms with Crippen molar-refractivity contribution in [2.75, 3.05) is 69.1 Å². The lowest BCUT2D eigenvalue weighted by Crippen LogP contribution is -2.57. The first-order valence-electron chi connectivity index (χ1n) is 15.2. The van der Waals surface area contributed by atoms with Crippen LogP contribution >= 0.6 is 23.2 Å². The number of likely N-dealkylation sites (N-methyl/N-ethyl adjacent to an activating group) is 1. The number of carboxylic acids is 1. The van der Waals surface area contributed by atoms with Gasteiger partial charge in [-0.25, -0.2) is 9.78 Å². The van der Waals surface area contributed by atoms with E-state index in [9.17, 15) is 14.7 Å². The molecule has 0 amide bonds. The van der Waals surface area contributed by atoms with Gasteiger partial charge in [0.15, 0.2) is 0 Å². The van der Waals surface area contributed by atoms with Crippen LogP contribution in [0.4, 0.5) is 17.3 Å². The van der Waals surface area contributed by atoms with Crippen LogP contribution in [0.1, 0.15) is 23.7 Å². The number of hydrogen-bond acceptors (Lipinski definition) is 9. The smallest absolute Gasteiger partial charge is 0.341 e. The van der Waals surface area contributed by atoms with E-state index in [-0.39, 0.29) is 22.9 Å². The molecule has 1 N–H and O–H groups in total. The summed E-state index contributed by atoms with van der Waals surface area (Å²) in [6.45, 7) is 4.97.